The molecule has 0 aromatic heterocycles. The summed E-state index contributed by atoms with van der Waals surface area (Å²) in [6.45, 7) is 14.3. The maximum Gasteiger partial charge on any atom is 0.434 e. The second-order valence-electron chi connectivity index (χ2n) is 7.67. The van der Waals surface area contributed by atoms with Crippen molar-refractivity contribution in [3.8, 4) is 0 Å². The molecule has 6 nitrogen and oxygen atoms in total. The largest absolute Gasteiger partial charge is 0.443 e. The Morgan fingerprint density at radius 2 is 1.38 bits per heavy atom. The second-order valence-corrected chi connectivity index (χ2v) is 7.67. The summed E-state index contributed by atoms with van der Waals surface area (Å²) < 4.78 is 10.7. The Kier molecular flexibility index (Phi) is 5.87. The highest BCUT2D eigenvalue weighted by atomic mass is 16.6. The summed E-state index contributed by atoms with van der Waals surface area (Å²) in [5.74, 6) is 0. The predicted molar refractivity (Wildman–Crippen MR) is 94.0 cm³/mol. The molecule has 134 valence electrons. The summed E-state index contributed by atoms with van der Waals surface area (Å²) in [7, 11) is 0. The predicted octanol–water partition coefficient (Wildman–Crippen LogP) is 4.48. The standard InChI is InChI=1S/C18H28N2O4/c1-12-10-9-11-13(2)14(12)20(16(22)24-18(6,7)8)19-15(21)23-17(3,4)5/h9-11H,1-8H3,(H,19,21). The molecule has 1 rings (SSSR count). The molecule has 6 heteroatoms. The highest BCUT2D eigenvalue weighted by Crippen LogP contribution is 2.25. The van der Waals surface area contributed by atoms with Crippen LogP contribution in [-0.4, -0.2) is 23.4 Å². The molecule has 0 aliphatic heterocycles. The van der Waals surface area contributed by atoms with Gasteiger partial charge in [-0.25, -0.2) is 15.0 Å². The van der Waals surface area contributed by atoms with E-state index in [2.05, 4.69) is 5.43 Å². The molecule has 1 aromatic carbocycles. The number of nitrogens with one attached hydrogen (secondary N) is 1. The number of ether oxygens (including phenoxy) is 2. The van der Waals surface area contributed by atoms with Gasteiger partial charge in [0.05, 0.1) is 5.69 Å². The molecular weight excluding hydrogens is 308 g/mol. The van der Waals surface area contributed by atoms with Crippen molar-refractivity contribution in [1.82, 2.24) is 5.43 Å². The molecule has 0 spiro atoms. The molecule has 0 saturated heterocycles. The summed E-state index contributed by atoms with van der Waals surface area (Å²) in [6.07, 6.45) is -1.40. The lowest BCUT2D eigenvalue weighted by Gasteiger charge is -2.30. The minimum Gasteiger partial charge on any atom is -0.443 e. The molecule has 0 unspecified atom stereocenters. The van der Waals surface area contributed by atoms with Gasteiger partial charge < -0.3 is 9.47 Å². The molecule has 0 heterocycles. The van der Waals surface area contributed by atoms with E-state index in [1.54, 1.807) is 41.5 Å². The molecule has 0 fully saturated rings. The van der Waals surface area contributed by atoms with Crippen molar-refractivity contribution in [1.29, 1.82) is 0 Å². The van der Waals surface area contributed by atoms with Crippen LogP contribution < -0.4 is 10.4 Å². The molecule has 1 N–H and O–H groups in total. The van der Waals surface area contributed by atoms with Gasteiger partial charge in [0, 0.05) is 0 Å². The van der Waals surface area contributed by atoms with E-state index in [4.69, 9.17) is 9.47 Å². The third kappa shape index (κ3) is 6.10. The number of hydrogen-bond donors (Lipinski definition) is 1. The van der Waals surface area contributed by atoms with Crippen molar-refractivity contribution < 1.29 is 19.1 Å². The molecular formula is C18H28N2O4. The van der Waals surface area contributed by atoms with Gasteiger partial charge in [-0.1, -0.05) is 18.2 Å². The van der Waals surface area contributed by atoms with Crippen LogP contribution in [0.15, 0.2) is 18.2 Å². The number of para-hydroxylation sites is 1. The van der Waals surface area contributed by atoms with Crippen molar-refractivity contribution in [2.45, 2.75) is 66.6 Å². The monoisotopic (exact) mass is 336 g/mol. The maximum absolute atomic E-state index is 12.6. The Balaban J connectivity index is 3.17. The quantitative estimate of drug-likeness (QED) is 0.768. The van der Waals surface area contributed by atoms with E-state index in [0.29, 0.717) is 5.69 Å². The Bertz CT molecular complexity index is 592. The van der Waals surface area contributed by atoms with Crippen LogP contribution in [0.1, 0.15) is 52.7 Å². The Morgan fingerprint density at radius 1 is 0.917 bits per heavy atom. The zero-order valence-electron chi connectivity index (χ0n) is 15.8. The minimum atomic E-state index is -0.726. The normalized spacial score (nSPS) is 11.7. The van der Waals surface area contributed by atoms with Crippen LogP contribution in [0.3, 0.4) is 0 Å². The smallest absolute Gasteiger partial charge is 0.434 e. The Hall–Kier alpha value is -2.24. The van der Waals surface area contributed by atoms with Crippen LogP contribution in [0, 0.1) is 13.8 Å². The van der Waals surface area contributed by atoms with Gasteiger partial charge in [0.2, 0.25) is 0 Å². The summed E-state index contributed by atoms with van der Waals surface area (Å²) in [5.41, 5.74) is 3.35. The van der Waals surface area contributed by atoms with Crippen LogP contribution in [0.25, 0.3) is 0 Å². The third-order valence-electron chi connectivity index (χ3n) is 2.84. The van der Waals surface area contributed by atoms with E-state index >= 15 is 0 Å². The highest BCUT2D eigenvalue weighted by Gasteiger charge is 2.28. The van der Waals surface area contributed by atoms with Gasteiger partial charge in [0.1, 0.15) is 11.2 Å². The molecule has 0 aliphatic carbocycles. The minimum absolute atomic E-state index is 0.567. The number of rotatable bonds is 1. The number of hydrogen-bond acceptors (Lipinski definition) is 4. The maximum atomic E-state index is 12.6. The number of amides is 2. The lowest BCUT2D eigenvalue weighted by atomic mass is 10.1. The van der Waals surface area contributed by atoms with E-state index in [-0.39, 0.29) is 0 Å². The van der Waals surface area contributed by atoms with E-state index in [0.717, 1.165) is 16.1 Å². The number of hydrazine groups is 1. The SMILES string of the molecule is Cc1cccc(C)c1N(NC(=O)OC(C)(C)C)C(=O)OC(C)(C)C. The zero-order chi connectivity index (χ0) is 18.7. The lowest BCUT2D eigenvalue weighted by Crippen LogP contribution is -2.50. The van der Waals surface area contributed by atoms with Crippen LogP contribution >= 0.6 is 0 Å². The van der Waals surface area contributed by atoms with Crippen LogP contribution in [-0.2, 0) is 9.47 Å². The molecule has 0 bridgehead atoms. The topological polar surface area (TPSA) is 67.9 Å². The summed E-state index contributed by atoms with van der Waals surface area (Å²) in [6, 6.07) is 5.60. The van der Waals surface area contributed by atoms with Gasteiger partial charge in [0.15, 0.2) is 0 Å². The first-order valence-corrected chi connectivity index (χ1v) is 7.89. The third-order valence-corrected chi connectivity index (χ3v) is 2.84. The van der Waals surface area contributed by atoms with E-state index in [1.165, 1.54) is 0 Å². The first kappa shape index (κ1) is 19.8. The molecule has 0 aliphatic rings. The van der Waals surface area contributed by atoms with Gasteiger partial charge in [-0.2, -0.15) is 5.01 Å². The van der Waals surface area contributed by atoms with E-state index in [1.807, 2.05) is 32.0 Å². The number of nitrogens with zero attached hydrogens (tertiary/aromatic N) is 1. The second kappa shape index (κ2) is 7.11. The molecule has 24 heavy (non-hydrogen) atoms. The van der Waals surface area contributed by atoms with Gasteiger partial charge in [-0.3, -0.25) is 0 Å². The number of benzene rings is 1. The van der Waals surface area contributed by atoms with Crippen molar-refractivity contribution >= 4 is 17.9 Å². The van der Waals surface area contributed by atoms with Gasteiger partial charge >= 0.3 is 12.2 Å². The molecule has 0 atom stereocenters. The first-order valence-electron chi connectivity index (χ1n) is 7.89. The van der Waals surface area contributed by atoms with Gasteiger partial charge in [-0.05, 0) is 66.5 Å². The van der Waals surface area contributed by atoms with E-state index in [9.17, 15) is 9.59 Å². The number of anilines is 1. The molecule has 0 saturated carbocycles. The van der Waals surface area contributed by atoms with E-state index < -0.39 is 23.4 Å². The molecule has 0 radical (unpaired) electrons. The fourth-order valence-electron chi connectivity index (χ4n) is 2.05. The average Bonchev–Trinajstić information content (AvgIpc) is 2.32. The van der Waals surface area contributed by atoms with Gasteiger partial charge in [0.25, 0.3) is 0 Å². The average molecular weight is 336 g/mol. The first-order chi connectivity index (χ1) is 10.8. The van der Waals surface area contributed by atoms with Gasteiger partial charge in [-0.15, -0.1) is 0 Å². The zero-order valence-corrected chi connectivity index (χ0v) is 15.8. The Labute approximate surface area is 144 Å². The number of aryl methyl sites for hydroxylation is 2. The number of carbonyl (C=O) groups excluding carboxylic acids is 2. The van der Waals surface area contributed by atoms with Crippen molar-refractivity contribution in [3.05, 3.63) is 29.3 Å². The van der Waals surface area contributed by atoms with Crippen molar-refractivity contribution in [2.24, 2.45) is 0 Å². The fraction of sp³-hybridized carbons (Fsp3) is 0.556. The molecule has 1 aromatic rings. The van der Waals surface area contributed by atoms with Crippen LogP contribution in [0.2, 0.25) is 0 Å². The summed E-state index contributed by atoms with van der Waals surface area (Å²) in [5, 5.41) is 1.10. The number of carbonyl (C=O) groups is 2. The van der Waals surface area contributed by atoms with Crippen LogP contribution in [0.5, 0.6) is 0 Å². The lowest BCUT2D eigenvalue weighted by molar-refractivity contribution is 0.0425. The Morgan fingerprint density at radius 3 is 1.79 bits per heavy atom. The summed E-state index contributed by atoms with van der Waals surface area (Å²) >= 11 is 0. The van der Waals surface area contributed by atoms with Crippen molar-refractivity contribution in [2.75, 3.05) is 5.01 Å². The summed E-state index contributed by atoms with van der Waals surface area (Å²) in [4.78, 5) is 24.8. The van der Waals surface area contributed by atoms with Crippen LogP contribution in [0.4, 0.5) is 15.3 Å². The molecule has 2 amide bonds. The highest BCUT2D eigenvalue weighted by molar-refractivity contribution is 5.92. The fourth-order valence-corrected chi connectivity index (χ4v) is 2.05. The van der Waals surface area contributed by atoms with Crippen molar-refractivity contribution in [3.63, 3.8) is 0 Å².